The van der Waals surface area contributed by atoms with Crippen LogP contribution in [0.3, 0.4) is 0 Å². The van der Waals surface area contributed by atoms with Crippen LogP contribution in [0.1, 0.15) is 17.5 Å². The Labute approximate surface area is 141 Å². The number of nitrogens with one attached hydrogen (secondary N) is 1. The Hall–Kier alpha value is -2.13. The molecule has 0 unspecified atom stereocenters. The van der Waals surface area contributed by atoms with Crippen LogP contribution < -0.4 is 10.2 Å². The first-order valence-corrected chi connectivity index (χ1v) is 7.76. The fraction of sp³-hybridized carbons (Fsp3) is 0.500. The molecule has 2 aliphatic rings. The number of carbonyl (C=O) groups excluding carboxylic acids is 2. The number of hydrogen-bond donors (Lipinski definition) is 1. The minimum Gasteiger partial charge on any atom is -0.348 e. The van der Waals surface area contributed by atoms with E-state index >= 15 is 0 Å². The van der Waals surface area contributed by atoms with Gasteiger partial charge in [-0.05, 0) is 17.7 Å². The van der Waals surface area contributed by atoms with Gasteiger partial charge in [-0.15, -0.1) is 0 Å². The van der Waals surface area contributed by atoms with E-state index in [1.165, 1.54) is 0 Å². The molecule has 0 radical (unpaired) electrons. The Morgan fingerprint density at radius 3 is 2.64 bits per heavy atom. The SMILES string of the molecule is CN1C(=O)Cc2cc(C3(CCNC(=O)C(F)(F)F)OCCO3)ccc21. The number of benzene rings is 1. The van der Waals surface area contributed by atoms with Crippen molar-refractivity contribution in [3.63, 3.8) is 0 Å². The summed E-state index contributed by atoms with van der Waals surface area (Å²) < 4.78 is 48.1. The number of ether oxygens (including phenoxy) is 2. The number of fused-ring (bicyclic) bond motifs is 1. The van der Waals surface area contributed by atoms with Crippen LogP contribution in [-0.2, 0) is 31.3 Å². The highest BCUT2D eigenvalue weighted by atomic mass is 19.4. The first-order chi connectivity index (χ1) is 11.7. The normalized spacial score (nSPS) is 19.2. The smallest absolute Gasteiger partial charge is 0.348 e. The maximum Gasteiger partial charge on any atom is 0.471 e. The van der Waals surface area contributed by atoms with E-state index in [0.29, 0.717) is 18.8 Å². The van der Waals surface area contributed by atoms with Crippen molar-refractivity contribution in [2.75, 3.05) is 31.7 Å². The first kappa shape index (κ1) is 17.7. The van der Waals surface area contributed by atoms with E-state index in [4.69, 9.17) is 9.47 Å². The van der Waals surface area contributed by atoms with Gasteiger partial charge in [0.1, 0.15) is 0 Å². The van der Waals surface area contributed by atoms with Crippen molar-refractivity contribution in [3.8, 4) is 0 Å². The first-order valence-electron chi connectivity index (χ1n) is 7.76. The van der Waals surface area contributed by atoms with Crippen molar-refractivity contribution in [3.05, 3.63) is 29.3 Å². The predicted molar refractivity (Wildman–Crippen MR) is 80.8 cm³/mol. The molecule has 0 bridgehead atoms. The van der Waals surface area contributed by atoms with Crippen LogP contribution in [-0.4, -0.2) is 44.8 Å². The Kier molecular flexibility index (Phi) is 4.46. The van der Waals surface area contributed by atoms with Gasteiger partial charge in [-0.3, -0.25) is 9.59 Å². The molecule has 9 heteroatoms. The lowest BCUT2D eigenvalue weighted by Gasteiger charge is -2.28. The molecule has 0 saturated carbocycles. The average molecular weight is 358 g/mol. The van der Waals surface area contributed by atoms with E-state index in [9.17, 15) is 22.8 Å². The van der Waals surface area contributed by atoms with Crippen LogP contribution in [0.25, 0.3) is 0 Å². The van der Waals surface area contributed by atoms with Crippen molar-refractivity contribution < 1.29 is 32.2 Å². The Morgan fingerprint density at radius 2 is 2.00 bits per heavy atom. The molecule has 136 valence electrons. The number of alkyl halides is 3. The number of anilines is 1. The molecule has 2 aliphatic heterocycles. The molecule has 1 aromatic carbocycles. The van der Waals surface area contributed by atoms with Crippen molar-refractivity contribution >= 4 is 17.5 Å². The lowest BCUT2D eigenvalue weighted by Crippen LogP contribution is -2.40. The van der Waals surface area contributed by atoms with Gasteiger partial charge in [0.05, 0.1) is 19.6 Å². The molecule has 0 aromatic heterocycles. The van der Waals surface area contributed by atoms with Gasteiger partial charge in [0.2, 0.25) is 5.91 Å². The second kappa shape index (κ2) is 6.30. The molecule has 2 heterocycles. The lowest BCUT2D eigenvalue weighted by molar-refractivity contribution is -0.179. The summed E-state index contributed by atoms with van der Waals surface area (Å²) in [5.74, 6) is -3.26. The van der Waals surface area contributed by atoms with Crippen molar-refractivity contribution in [1.82, 2.24) is 5.32 Å². The maximum atomic E-state index is 12.3. The minimum absolute atomic E-state index is 0.0252. The van der Waals surface area contributed by atoms with E-state index in [1.807, 2.05) is 5.32 Å². The van der Waals surface area contributed by atoms with Crippen LogP contribution in [0, 0.1) is 0 Å². The topological polar surface area (TPSA) is 67.9 Å². The highest BCUT2D eigenvalue weighted by Crippen LogP contribution is 2.38. The highest BCUT2D eigenvalue weighted by Gasteiger charge is 2.42. The number of rotatable bonds is 4. The molecule has 1 N–H and O–H groups in total. The number of likely N-dealkylation sites (N-methyl/N-ethyl adjacent to an activating group) is 1. The molecular formula is C16H17F3N2O4. The Balaban J connectivity index is 1.76. The number of carbonyl (C=O) groups is 2. The average Bonchev–Trinajstić information content (AvgIpc) is 3.13. The summed E-state index contributed by atoms with van der Waals surface area (Å²) in [5.41, 5.74) is 2.21. The molecule has 1 aromatic rings. The summed E-state index contributed by atoms with van der Waals surface area (Å²) >= 11 is 0. The van der Waals surface area contributed by atoms with Gasteiger partial charge in [-0.1, -0.05) is 6.07 Å². The zero-order valence-corrected chi connectivity index (χ0v) is 13.5. The fourth-order valence-electron chi connectivity index (χ4n) is 3.06. The van der Waals surface area contributed by atoms with Crippen LogP contribution >= 0.6 is 0 Å². The molecule has 25 heavy (non-hydrogen) atoms. The molecule has 2 amide bonds. The van der Waals surface area contributed by atoms with Gasteiger partial charge >= 0.3 is 12.1 Å². The van der Waals surface area contributed by atoms with E-state index in [0.717, 1.165) is 11.3 Å². The molecule has 1 saturated heterocycles. The van der Waals surface area contributed by atoms with Crippen molar-refractivity contribution in [1.29, 1.82) is 0 Å². The molecule has 0 aliphatic carbocycles. The van der Waals surface area contributed by atoms with Crippen LogP contribution in [0.5, 0.6) is 0 Å². The van der Waals surface area contributed by atoms with Crippen LogP contribution in [0.2, 0.25) is 0 Å². The van der Waals surface area contributed by atoms with Gasteiger partial charge in [0.15, 0.2) is 5.79 Å². The highest BCUT2D eigenvalue weighted by molar-refractivity contribution is 6.00. The summed E-state index contributed by atoms with van der Waals surface area (Å²) in [4.78, 5) is 24.3. The van der Waals surface area contributed by atoms with Crippen molar-refractivity contribution in [2.24, 2.45) is 0 Å². The second-order valence-corrected chi connectivity index (χ2v) is 5.93. The lowest BCUT2D eigenvalue weighted by atomic mass is 9.98. The number of hydrogen-bond acceptors (Lipinski definition) is 4. The van der Waals surface area contributed by atoms with Crippen molar-refractivity contribution in [2.45, 2.75) is 24.8 Å². The summed E-state index contributed by atoms with van der Waals surface area (Å²) in [6.07, 6.45) is -4.65. The van der Waals surface area contributed by atoms with Crippen LogP contribution in [0.4, 0.5) is 18.9 Å². The Bertz CT molecular complexity index is 699. The molecule has 3 rings (SSSR count). The van der Waals surface area contributed by atoms with Gasteiger partial charge < -0.3 is 19.7 Å². The third-order valence-electron chi connectivity index (χ3n) is 4.35. The Morgan fingerprint density at radius 1 is 1.32 bits per heavy atom. The van der Waals surface area contributed by atoms with E-state index in [-0.39, 0.29) is 25.3 Å². The molecule has 6 nitrogen and oxygen atoms in total. The largest absolute Gasteiger partial charge is 0.471 e. The third kappa shape index (κ3) is 3.34. The monoisotopic (exact) mass is 358 g/mol. The summed E-state index contributed by atoms with van der Waals surface area (Å²) in [6.45, 7) is 0.334. The van der Waals surface area contributed by atoms with Crippen LogP contribution in [0.15, 0.2) is 18.2 Å². The zero-order valence-electron chi connectivity index (χ0n) is 13.5. The molecule has 0 atom stereocenters. The van der Waals surface area contributed by atoms with Gasteiger partial charge in [0, 0.05) is 31.3 Å². The van der Waals surface area contributed by atoms with E-state index < -0.39 is 17.9 Å². The predicted octanol–water partition coefficient (Wildman–Crippen LogP) is 1.47. The zero-order chi connectivity index (χ0) is 18.2. The standard InChI is InChI=1S/C16H17F3N2O4/c1-21-12-3-2-11(8-10(12)9-13(21)22)15(24-6-7-25-15)4-5-20-14(23)16(17,18)19/h2-3,8H,4-7,9H2,1H3,(H,20,23). The summed E-state index contributed by atoms with van der Waals surface area (Å²) in [6, 6.07) is 5.26. The third-order valence-corrected chi connectivity index (χ3v) is 4.35. The number of amides is 2. The van der Waals surface area contributed by atoms with Gasteiger partial charge in [0.25, 0.3) is 0 Å². The van der Waals surface area contributed by atoms with Gasteiger partial charge in [-0.2, -0.15) is 13.2 Å². The quantitative estimate of drug-likeness (QED) is 0.885. The summed E-state index contributed by atoms with van der Waals surface area (Å²) in [5, 5.41) is 1.82. The summed E-state index contributed by atoms with van der Waals surface area (Å²) in [7, 11) is 1.68. The molecular weight excluding hydrogens is 341 g/mol. The number of nitrogens with zero attached hydrogens (tertiary/aromatic N) is 1. The molecule has 1 fully saturated rings. The minimum atomic E-state index is -4.93. The maximum absolute atomic E-state index is 12.3. The second-order valence-electron chi connectivity index (χ2n) is 5.93. The fourth-order valence-corrected chi connectivity index (χ4v) is 3.06. The number of halogens is 3. The van der Waals surface area contributed by atoms with E-state index in [2.05, 4.69) is 0 Å². The van der Waals surface area contributed by atoms with Gasteiger partial charge in [-0.25, -0.2) is 0 Å². The molecule has 0 spiro atoms. The van der Waals surface area contributed by atoms with E-state index in [1.54, 1.807) is 30.1 Å².